The van der Waals surface area contributed by atoms with Crippen molar-refractivity contribution in [3.8, 4) is 0 Å². The van der Waals surface area contributed by atoms with Gasteiger partial charge in [-0.05, 0) is 44.2 Å². The topological polar surface area (TPSA) is 49.4 Å². The molecule has 21 heavy (non-hydrogen) atoms. The van der Waals surface area contributed by atoms with Crippen molar-refractivity contribution in [2.45, 2.75) is 44.9 Å². The quantitative estimate of drug-likeness (QED) is 0.817. The molecule has 0 bridgehead atoms. The molecule has 1 aromatic carbocycles. The van der Waals surface area contributed by atoms with Gasteiger partial charge < -0.3 is 10.2 Å². The number of hydrogen-bond acceptors (Lipinski definition) is 2. The highest BCUT2D eigenvalue weighted by molar-refractivity contribution is 5.90. The van der Waals surface area contributed by atoms with Crippen LogP contribution in [0.25, 0.3) is 0 Å². The minimum atomic E-state index is 0.0200. The predicted octanol–water partition coefficient (Wildman–Crippen LogP) is 3.20. The third kappa shape index (κ3) is 5.58. The molecule has 0 radical (unpaired) electrons. The number of anilines is 1. The van der Waals surface area contributed by atoms with Crippen LogP contribution < -0.4 is 5.32 Å². The van der Waals surface area contributed by atoms with Gasteiger partial charge >= 0.3 is 0 Å². The molecule has 4 heteroatoms. The molecule has 1 heterocycles. The van der Waals surface area contributed by atoms with E-state index in [0.29, 0.717) is 12.8 Å². The maximum absolute atomic E-state index is 12.0. The average molecular weight is 288 g/mol. The molecular weight excluding hydrogens is 264 g/mol. The van der Waals surface area contributed by atoms with E-state index in [4.69, 9.17) is 0 Å². The molecule has 1 aromatic rings. The second kappa shape index (κ2) is 8.45. The molecule has 0 saturated carbocycles. The first-order valence-corrected chi connectivity index (χ1v) is 7.88. The largest absolute Gasteiger partial charge is 0.343 e. The van der Waals surface area contributed by atoms with Gasteiger partial charge in [0.2, 0.25) is 11.8 Å². The van der Waals surface area contributed by atoms with Crippen molar-refractivity contribution < 1.29 is 9.59 Å². The van der Waals surface area contributed by atoms with Gasteiger partial charge in [0, 0.05) is 31.6 Å². The van der Waals surface area contributed by atoms with Crippen molar-refractivity contribution in [3.05, 3.63) is 30.3 Å². The molecule has 1 N–H and O–H groups in total. The first kappa shape index (κ1) is 15.5. The fourth-order valence-electron chi connectivity index (χ4n) is 2.61. The first-order chi connectivity index (χ1) is 10.3. The number of likely N-dealkylation sites (tertiary alicyclic amines) is 1. The number of piperidine rings is 1. The van der Waals surface area contributed by atoms with E-state index < -0.39 is 0 Å². The lowest BCUT2D eigenvalue weighted by molar-refractivity contribution is -0.132. The predicted molar refractivity (Wildman–Crippen MR) is 84.0 cm³/mol. The maximum atomic E-state index is 12.0. The van der Waals surface area contributed by atoms with Crippen molar-refractivity contribution in [2.24, 2.45) is 0 Å². The van der Waals surface area contributed by atoms with Crippen LogP contribution in [0.1, 0.15) is 44.9 Å². The summed E-state index contributed by atoms with van der Waals surface area (Å²) >= 11 is 0. The van der Waals surface area contributed by atoms with E-state index in [9.17, 15) is 9.59 Å². The van der Waals surface area contributed by atoms with Crippen molar-refractivity contribution in [2.75, 3.05) is 18.4 Å². The lowest BCUT2D eigenvalue weighted by atomic mass is 10.1. The normalized spacial score (nSPS) is 14.8. The van der Waals surface area contributed by atoms with Gasteiger partial charge in [0.05, 0.1) is 0 Å². The van der Waals surface area contributed by atoms with E-state index >= 15 is 0 Å². The molecule has 0 spiro atoms. The van der Waals surface area contributed by atoms with Crippen LogP contribution in [-0.4, -0.2) is 29.8 Å². The summed E-state index contributed by atoms with van der Waals surface area (Å²) in [6.07, 6.45) is 6.09. The third-order valence-corrected chi connectivity index (χ3v) is 3.81. The molecule has 1 aliphatic rings. The minimum Gasteiger partial charge on any atom is -0.343 e. The Bertz CT molecular complexity index is 453. The molecule has 1 saturated heterocycles. The van der Waals surface area contributed by atoms with E-state index in [1.165, 1.54) is 6.42 Å². The highest BCUT2D eigenvalue weighted by Crippen LogP contribution is 2.12. The molecular formula is C17H24N2O2. The number of amides is 2. The van der Waals surface area contributed by atoms with Crippen LogP contribution in [-0.2, 0) is 9.59 Å². The van der Waals surface area contributed by atoms with Crippen molar-refractivity contribution in [1.29, 1.82) is 0 Å². The van der Waals surface area contributed by atoms with E-state index in [0.717, 1.165) is 44.5 Å². The van der Waals surface area contributed by atoms with E-state index in [-0.39, 0.29) is 11.8 Å². The first-order valence-electron chi connectivity index (χ1n) is 7.88. The van der Waals surface area contributed by atoms with Crippen LogP contribution in [0.4, 0.5) is 5.69 Å². The van der Waals surface area contributed by atoms with E-state index in [1.54, 1.807) is 0 Å². The zero-order valence-electron chi connectivity index (χ0n) is 12.5. The van der Waals surface area contributed by atoms with Gasteiger partial charge in [0.15, 0.2) is 0 Å². The SMILES string of the molecule is O=C(CCCCC(=O)N1CCCCC1)Nc1ccccc1. The molecule has 2 rings (SSSR count). The van der Waals surface area contributed by atoms with Crippen LogP contribution >= 0.6 is 0 Å². The lowest BCUT2D eigenvalue weighted by Crippen LogP contribution is -2.35. The Kier molecular flexibility index (Phi) is 6.25. The molecule has 1 aliphatic heterocycles. The summed E-state index contributed by atoms with van der Waals surface area (Å²) in [5, 5.41) is 2.86. The standard InChI is InChI=1S/C17H24N2O2/c20-16(18-15-9-3-1-4-10-15)11-5-6-12-17(21)19-13-7-2-8-14-19/h1,3-4,9-10H,2,5-8,11-14H2,(H,18,20). The Hall–Kier alpha value is -1.84. The summed E-state index contributed by atoms with van der Waals surface area (Å²) < 4.78 is 0. The summed E-state index contributed by atoms with van der Waals surface area (Å²) in [4.78, 5) is 25.7. The summed E-state index contributed by atoms with van der Waals surface area (Å²) in [5.41, 5.74) is 0.826. The number of unbranched alkanes of at least 4 members (excludes halogenated alkanes) is 1. The smallest absolute Gasteiger partial charge is 0.224 e. The number of benzene rings is 1. The second-order valence-electron chi connectivity index (χ2n) is 5.56. The highest BCUT2D eigenvalue weighted by atomic mass is 16.2. The van der Waals surface area contributed by atoms with Gasteiger partial charge in [-0.15, -0.1) is 0 Å². The highest BCUT2D eigenvalue weighted by Gasteiger charge is 2.15. The average Bonchev–Trinajstić information content (AvgIpc) is 2.53. The molecule has 1 fully saturated rings. The van der Waals surface area contributed by atoms with Crippen LogP contribution in [0.2, 0.25) is 0 Å². The molecule has 0 aromatic heterocycles. The fraction of sp³-hybridized carbons (Fsp3) is 0.529. The van der Waals surface area contributed by atoms with Gasteiger partial charge in [-0.3, -0.25) is 9.59 Å². The third-order valence-electron chi connectivity index (χ3n) is 3.81. The van der Waals surface area contributed by atoms with Crippen LogP contribution in [0.5, 0.6) is 0 Å². The summed E-state index contributed by atoms with van der Waals surface area (Å²) in [6, 6.07) is 9.46. The lowest BCUT2D eigenvalue weighted by Gasteiger charge is -2.26. The Morgan fingerprint density at radius 1 is 0.952 bits per heavy atom. The molecule has 0 unspecified atom stereocenters. The number of hydrogen-bond donors (Lipinski definition) is 1. The molecule has 4 nitrogen and oxygen atoms in total. The summed E-state index contributed by atoms with van der Waals surface area (Å²) in [5.74, 6) is 0.268. The minimum absolute atomic E-state index is 0.0200. The number of para-hydroxylation sites is 1. The van der Waals surface area contributed by atoms with E-state index in [1.807, 2.05) is 35.2 Å². The Labute approximate surface area is 126 Å². The van der Waals surface area contributed by atoms with Crippen molar-refractivity contribution in [3.63, 3.8) is 0 Å². The zero-order chi connectivity index (χ0) is 14.9. The number of rotatable bonds is 6. The summed E-state index contributed by atoms with van der Waals surface area (Å²) in [7, 11) is 0. The molecule has 114 valence electrons. The van der Waals surface area contributed by atoms with Gasteiger partial charge in [-0.2, -0.15) is 0 Å². The fourth-order valence-corrected chi connectivity index (χ4v) is 2.61. The number of nitrogens with zero attached hydrogens (tertiary/aromatic N) is 1. The number of nitrogens with one attached hydrogen (secondary N) is 1. The van der Waals surface area contributed by atoms with Gasteiger partial charge in [-0.1, -0.05) is 18.2 Å². The Morgan fingerprint density at radius 2 is 1.62 bits per heavy atom. The second-order valence-corrected chi connectivity index (χ2v) is 5.56. The van der Waals surface area contributed by atoms with Crippen molar-refractivity contribution >= 4 is 17.5 Å². The van der Waals surface area contributed by atoms with E-state index in [2.05, 4.69) is 5.32 Å². The molecule has 2 amide bonds. The van der Waals surface area contributed by atoms with Crippen LogP contribution in [0.3, 0.4) is 0 Å². The Morgan fingerprint density at radius 3 is 2.33 bits per heavy atom. The van der Waals surface area contributed by atoms with Crippen molar-refractivity contribution in [1.82, 2.24) is 4.90 Å². The number of carbonyl (C=O) groups is 2. The molecule has 0 aliphatic carbocycles. The number of carbonyl (C=O) groups excluding carboxylic acids is 2. The Balaban J connectivity index is 1.58. The molecule has 0 atom stereocenters. The summed E-state index contributed by atoms with van der Waals surface area (Å²) in [6.45, 7) is 1.82. The van der Waals surface area contributed by atoms with Crippen LogP contribution in [0, 0.1) is 0 Å². The van der Waals surface area contributed by atoms with Crippen LogP contribution in [0.15, 0.2) is 30.3 Å². The van der Waals surface area contributed by atoms with Gasteiger partial charge in [-0.25, -0.2) is 0 Å². The van der Waals surface area contributed by atoms with Gasteiger partial charge in [0.1, 0.15) is 0 Å². The zero-order valence-corrected chi connectivity index (χ0v) is 12.5. The van der Waals surface area contributed by atoms with Gasteiger partial charge in [0.25, 0.3) is 0 Å². The monoisotopic (exact) mass is 288 g/mol. The maximum Gasteiger partial charge on any atom is 0.224 e.